The molecule has 0 aliphatic carbocycles. The average Bonchev–Trinajstić information content (AvgIpc) is 2.33. The molecule has 1 aromatic rings. The first-order chi connectivity index (χ1) is 8.15. The molecule has 0 spiro atoms. The summed E-state index contributed by atoms with van der Waals surface area (Å²) in [6.45, 7) is 4.86. The van der Waals surface area contributed by atoms with Gasteiger partial charge in [-0.1, -0.05) is 28.1 Å². The Balaban J connectivity index is 1.91. The van der Waals surface area contributed by atoms with Crippen molar-refractivity contribution >= 4 is 21.7 Å². The minimum Gasteiger partial charge on any atom is -0.335 e. The SMILES string of the molecule is C[NH+]1CCN(CC(=O)c2ccc(Br)cc2)CC1. The Bertz CT molecular complexity index is 383. The highest BCUT2D eigenvalue weighted by atomic mass is 79.9. The van der Waals surface area contributed by atoms with Gasteiger partial charge in [0.2, 0.25) is 0 Å². The number of rotatable bonds is 3. The van der Waals surface area contributed by atoms with Gasteiger partial charge in [-0.2, -0.15) is 0 Å². The molecule has 0 aromatic heterocycles. The number of benzene rings is 1. The lowest BCUT2D eigenvalue weighted by atomic mass is 10.1. The molecule has 1 saturated heterocycles. The third-order valence-corrected chi connectivity index (χ3v) is 3.77. The number of nitrogens with one attached hydrogen (secondary N) is 1. The van der Waals surface area contributed by atoms with E-state index in [1.807, 2.05) is 24.3 Å². The number of nitrogens with zero attached hydrogens (tertiary/aromatic N) is 1. The van der Waals surface area contributed by atoms with Gasteiger partial charge < -0.3 is 4.90 Å². The van der Waals surface area contributed by atoms with Crippen LogP contribution in [0.2, 0.25) is 0 Å². The molecule has 1 aromatic carbocycles. The second-order valence-corrected chi connectivity index (χ2v) is 5.58. The summed E-state index contributed by atoms with van der Waals surface area (Å²) in [6.07, 6.45) is 0. The maximum atomic E-state index is 12.0. The third-order valence-electron chi connectivity index (χ3n) is 3.24. The largest absolute Gasteiger partial charge is 0.335 e. The molecule has 0 radical (unpaired) electrons. The highest BCUT2D eigenvalue weighted by molar-refractivity contribution is 9.10. The highest BCUT2D eigenvalue weighted by Crippen LogP contribution is 2.11. The van der Waals surface area contributed by atoms with Crippen molar-refractivity contribution in [3.63, 3.8) is 0 Å². The quantitative estimate of drug-likeness (QED) is 0.820. The van der Waals surface area contributed by atoms with E-state index in [0.29, 0.717) is 6.54 Å². The van der Waals surface area contributed by atoms with Gasteiger partial charge >= 0.3 is 0 Å². The van der Waals surface area contributed by atoms with Gasteiger partial charge in [-0.05, 0) is 12.1 Å². The number of piperazine rings is 1. The Morgan fingerprint density at radius 2 is 1.88 bits per heavy atom. The lowest BCUT2D eigenvalue weighted by molar-refractivity contribution is -0.884. The van der Waals surface area contributed by atoms with Crippen LogP contribution in [-0.2, 0) is 0 Å². The number of quaternary nitrogens is 1. The van der Waals surface area contributed by atoms with Crippen molar-refractivity contribution in [3.05, 3.63) is 34.3 Å². The Kier molecular flexibility index (Phi) is 4.31. The number of carbonyl (C=O) groups excluding carboxylic acids is 1. The van der Waals surface area contributed by atoms with E-state index in [0.717, 1.165) is 36.2 Å². The fraction of sp³-hybridized carbons (Fsp3) is 0.462. The second kappa shape index (κ2) is 5.76. The summed E-state index contributed by atoms with van der Waals surface area (Å²) in [5.41, 5.74) is 0.805. The van der Waals surface area contributed by atoms with E-state index in [1.165, 1.54) is 0 Å². The van der Waals surface area contributed by atoms with E-state index in [4.69, 9.17) is 0 Å². The molecule has 3 nitrogen and oxygen atoms in total. The average molecular weight is 298 g/mol. The van der Waals surface area contributed by atoms with E-state index in [9.17, 15) is 4.79 Å². The van der Waals surface area contributed by atoms with Gasteiger partial charge in [0, 0.05) is 23.1 Å². The molecule has 1 aliphatic heterocycles. The summed E-state index contributed by atoms with van der Waals surface area (Å²) in [5.74, 6) is 0.219. The first-order valence-corrected chi connectivity index (χ1v) is 6.77. The number of carbonyl (C=O) groups is 1. The number of ketones is 1. The van der Waals surface area contributed by atoms with Crippen molar-refractivity contribution in [2.45, 2.75) is 0 Å². The Labute approximate surface area is 111 Å². The number of hydrogen-bond acceptors (Lipinski definition) is 2. The number of Topliss-reactive ketones (excluding diaryl/α,β-unsaturated/α-hetero) is 1. The van der Waals surface area contributed by atoms with Crippen molar-refractivity contribution in [2.75, 3.05) is 39.8 Å². The fourth-order valence-corrected chi connectivity index (χ4v) is 2.29. The zero-order valence-corrected chi connectivity index (χ0v) is 11.7. The first kappa shape index (κ1) is 12.7. The molecule has 1 aliphatic rings. The van der Waals surface area contributed by atoms with Crippen molar-refractivity contribution in [2.24, 2.45) is 0 Å². The zero-order chi connectivity index (χ0) is 12.3. The number of halogens is 1. The summed E-state index contributed by atoms with van der Waals surface area (Å²) in [4.78, 5) is 15.8. The second-order valence-electron chi connectivity index (χ2n) is 4.66. The molecule has 2 rings (SSSR count). The molecule has 1 fully saturated rings. The van der Waals surface area contributed by atoms with Crippen molar-refractivity contribution < 1.29 is 9.69 Å². The Morgan fingerprint density at radius 3 is 2.47 bits per heavy atom. The van der Waals surface area contributed by atoms with E-state index < -0.39 is 0 Å². The van der Waals surface area contributed by atoms with Gasteiger partial charge in [0.25, 0.3) is 0 Å². The van der Waals surface area contributed by atoms with Gasteiger partial charge in [-0.15, -0.1) is 0 Å². The van der Waals surface area contributed by atoms with Crippen LogP contribution in [-0.4, -0.2) is 50.5 Å². The fourth-order valence-electron chi connectivity index (χ4n) is 2.02. The molecule has 0 saturated carbocycles. The smallest absolute Gasteiger partial charge is 0.176 e. The van der Waals surface area contributed by atoms with Crippen LogP contribution in [0.3, 0.4) is 0 Å². The van der Waals surface area contributed by atoms with Gasteiger partial charge in [0.1, 0.15) is 0 Å². The van der Waals surface area contributed by atoms with Gasteiger partial charge in [0.15, 0.2) is 5.78 Å². The summed E-state index contributed by atoms with van der Waals surface area (Å²) in [7, 11) is 2.20. The third kappa shape index (κ3) is 3.63. The highest BCUT2D eigenvalue weighted by Gasteiger charge is 2.19. The Morgan fingerprint density at radius 1 is 1.29 bits per heavy atom. The molecule has 1 heterocycles. The van der Waals surface area contributed by atoms with Crippen LogP contribution in [0.5, 0.6) is 0 Å². The minimum absolute atomic E-state index is 0.219. The molecular weight excluding hydrogens is 280 g/mol. The first-order valence-electron chi connectivity index (χ1n) is 5.97. The van der Waals surface area contributed by atoms with Crippen LogP contribution in [0.15, 0.2) is 28.7 Å². The number of hydrogen-bond donors (Lipinski definition) is 1. The monoisotopic (exact) mass is 297 g/mol. The van der Waals surface area contributed by atoms with Crippen LogP contribution < -0.4 is 4.90 Å². The van der Waals surface area contributed by atoms with Gasteiger partial charge in [0.05, 0.1) is 26.7 Å². The topological polar surface area (TPSA) is 24.8 Å². The van der Waals surface area contributed by atoms with Gasteiger partial charge in [-0.3, -0.25) is 9.69 Å². The summed E-state index contributed by atoms with van der Waals surface area (Å²) in [6, 6.07) is 7.60. The maximum Gasteiger partial charge on any atom is 0.176 e. The van der Waals surface area contributed by atoms with Gasteiger partial charge in [-0.25, -0.2) is 0 Å². The van der Waals surface area contributed by atoms with E-state index in [2.05, 4.69) is 27.9 Å². The molecule has 92 valence electrons. The van der Waals surface area contributed by atoms with Crippen LogP contribution in [0.1, 0.15) is 10.4 Å². The van der Waals surface area contributed by atoms with Crippen molar-refractivity contribution in [1.29, 1.82) is 0 Å². The molecule has 0 atom stereocenters. The molecule has 0 amide bonds. The molecular formula is C13H18BrN2O+. The van der Waals surface area contributed by atoms with E-state index in [1.54, 1.807) is 4.90 Å². The maximum absolute atomic E-state index is 12.0. The predicted octanol–water partition coefficient (Wildman–Crippen LogP) is 0.462. The summed E-state index contributed by atoms with van der Waals surface area (Å²) >= 11 is 3.38. The molecule has 4 heteroatoms. The lowest BCUT2D eigenvalue weighted by Crippen LogP contribution is -3.12. The van der Waals surface area contributed by atoms with Crippen LogP contribution in [0.25, 0.3) is 0 Å². The standard InChI is InChI=1S/C13H17BrN2O/c1-15-6-8-16(9-7-15)10-13(17)11-2-4-12(14)5-3-11/h2-5H,6-10H2,1H3/p+1. The molecule has 1 N–H and O–H groups in total. The van der Waals surface area contributed by atoms with E-state index >= 15 is 0 Å². The molecule has 0 unspecified atom stereocenters. The van der Waals surface area contributed by atoms with E-state index in [-0.39, 0.29) is 5.78 Å². The lowest BCUT2D eigenvalue weighted by Gasteiger charge is -2.29. The molecule has 0 bridgehead atoms. The zero-order valence-electron chi connectivity index (χ0n) is 10.1. The van der Waals surface area contributed by atoms with Crippen LogP contribution >= 0.6 is 15.9 Å². The summed E-state index contributed by atoms with van der Waals surface area (Å²) < 4.78 is 1.01. The Hall–Kier alpha value is -0.710. The number of likely N-dealkylation sites (N-methyl/N-ethyl adjacent to an activating group) is 1. The van der Waals surface area contributed by atoms with Crippen molar-refractivity contribution in [1.82, 2.24) is 4.90 Å². The molecule has 17 heavy (non-hydrogen) atoms. The van der Waals surface area contributed by atoms with Crippen LogP contribution in [0.4, 0.5) is 0 Å². The minimum atomic E-state index is 0.219. The van der Waals surface area contributed by atoms with Crippen LogP contribution in [0, 0.1) is 0 Å². The normalized spacial score (nSPS) is 18.2. The van der Waals surface area contributed by atoms with Crippen molar-refractivity contribution in [3.8, 4) is 0 Å². The summed E-state index contributed by atoms with van der Waals surface area (Å²) in [5, 5.41) is 0. The predicted molar refractivity (Wildman–Crippen MR) is 71.5 cm³/mol.